The number of amides is 2. The molecule has 3 N–H and O–H groups in total. The maximum absolute atomic E-state index is 12.5. The summed E-state index contributed by atoms with van der Waals surface area (Å²) < 4.78 is 5.52. The van der Waals surface area contributed by atoms with Gasteiger partial charge in [0.05, 0.1) is 6.42 Å². The highest BCUT2D eigenvalue weighted by atomic mass is 16.5. The van der Waals surface area contributed by atoms with Crippen molar-refractivity contribution in [2.45, 2.75) is 38.6 Å². The summed E-state index contributed by atoms with van der Waals surface area (Å²) in [5.41, 5.74) is 4.51. The van der Waals surface area contributed by atoms with Gasteiger partial charge in [-0.25, -0.2) is 4.79 Å². The molecule has 2 aromatic carbocycles. The highest BCUT2D eigenvalue weighted by Crippen LogP contribution is 2.44. The summed E-state index contributed by atoms with van der Waals surface area (Å²) in [7, 11) is 0. The van der Waals surface area contributed by atoms with Gasteiger partial charge in [0.1, 0.15) is 12.6 Å². The van der Waals surface area contributed by atoms with E-state index in [0.717, 1.165) is 22.3 Å². The molecule has 0 bridgehead atoms. The number of fused-ring (bicyclic) bond motifs is 3. The maximum atomic E-state index is 12.5. The molecule has 1 atom stereocenters. The van der Waals surface area contributed by atoms with Crippen LogP contribution in [0.4, 0.5) is 4.79 Å². The van der Waals surface area contributed by atoms with E-state index in [1.54, 1.807) is 0 Å². The van der Waals surface area contributed by atoms with Gasteiger partial charge < -0.3 is 20.5 Å². The first-order chi connectivity index (χ1) is 14.9. The lowest BCUT2D eigenvalue weighted by Gasteiger charge is -2.21. The average molecular weight is 424 g/mol. The number of hydrogen-bond acceptors (Lipinski definition) is 4. The topological polar surface area (TPSA) is 105 Å². The molecule has 0 aliphatic heterocycles. The van der Waals surface area contributed by atoms with E-state index in [-0.39, 0.29) is 31.4 Å². The first-order valence-electron chi connectivity index (χ1n) is 10.5. The average Bonchev–Trinajstić information content (AvgIpc) is 3.05. The molecule has 1 aliphatic rings. The van der Waals surface area contributed by atoms with Crippen LogP contribution in [0.5, 0.6) is 0 Å². The summed E-state index contributed by atoms with van der Waals surface area (Å²) >= 11 is 0. The summed E-state index contributed by atoms with van der Waals surface area (Å²) in [6.07, 6.45) is -0.422. The third kappa shape index (κ3) is 5.63. The van der Waals surface area contributed by atoms with Crippen LogP contribution in [0.25, 0.3) is 11.1 Å². The molecule has 7 heteroatoms. The minimum absolute atomic E-state index is 0.00906. The molecule has 164 valence electrons. The fourth-order valence-electron chi connectivity index (χ4n) is 3.90. The van der Waals surface area contributed by atoms with E-state index in [9.17, 15) is 14.4 Å². The Bertz CT molecular complexity index is 911. The van der Waals surface area contributed by atoms with E-state index < -0.39 is 24.0 Å². The summed E-state index contributed by atoms with van der Waals surface area (Å²) in [6, 6.07) is 15.3. The van der Waals surface area contributed by atoms with Crippen molar-refractivity contribution in [1.29, 1.82) is 0 Å². The second-order valence-electron chi connectivity index (χ2n) is 8.09. The lowest BCUT2D eigenvalue weighted by molar-refractivity contribution is -0.137. The molecule has 1 unspecified atom stereocenters. The molecule has 2 amide bonds. The molecule has 3 rings (SSSR count). The Kier molecular flexibility index (Phi) is 7.28. The summed E-state index contributed by atoms with van der Waals surface area (Å²) in [5, 5.41) is 13.9. The van der Waals surface area contributed by atoms with Crippen LogP contribution in [0.1, 0.15) is 43.7 Å². The molecule has 0 spiro atoms. The Hall–Kier alpha value is -3.35. The van der Waals surface area contributed by atoms with E-state index in [0.29, 0.717) is 6.42 Å². The van der Waals surface area contributed by atoms with Crippen LogP contribution in [-0.2, 0) is 14.3 Å². The molecule has 1 aliphatic carbocycles. The lowest BCUT2D eigenvalue weighted by Crippen LogP contribution is -2.48. The van der Waals surface area contributed by atoms with Gasteiger partial charge >= 0.3 is 12.1 Å². The monoisotopic (exact) mass is 424 g/mol. The van der Waals surface area contributed by atoms with E-state index >= 15 is 0 Å². The van der Waals surface area contributed by atoms with Gasteiger partial charge in [-0.2, -0.15) is 0 Å². The Morgan fingerprint density at radius 2 is 1.58 bits per heavy atom. The molecule has 0 fully saturated rings. The van der Waals surface area contributed by atoms with Gasteiger partial charge in [-0.15, -0.1) is 0 Å². The Morgan fingerprint density at radius 1 is 1.00 bits per heavy atom. The fraction of sp³-hybridized carbons (Fsp3) is 0.375. The molecule has 7 nitrogen and oxygen atoms in total. The van der Waals surface area contributed by atoms with Crippen LogP contribution < -0.4 is 10.6 Å². The fourth-order valence-corrected chi connectivity index (χ4v) is 3.90. The number of carboxylic acid groups (broad SMARTS) is 1. The van der Waals surface area contributed by atoms with Crippen LogP contribution in [0.2, 0.25) is 0 Å². The Labute approximate surface area is 181 Å². The van der Waals surface area contributed by atoms with E-state index in [1.165, 1.54) is 0 Å². The molecule has 31 heavy (non-hydrogen) atoms. The van der Waals surface area contributed by atoms with Gasteiger partial charge in [-0.3, -0.25) is 9.59 Å². The number of carboxylic acids is 1. The van der Waals surface area contributed by atoms with Crippen LogP contribution in [0.15, 0.2) is 48.5 Å². The summed E-state index contributed by atoms with van der Waals surface area (Å²) in [5.74, 6) is -1.32. The minimum atomic E-state index is -0.995. The minimum Gasteiger partial charge on any atom is -0.481 e. The largest absolute Gasteiger partial charge is 0.481 e. The van der Waals surface area contributed by atoms with Crippen LogP contribution in [0, 0.1) is 5.92 Å². The van der Waals surface area contributed by atoms with Crippen molar-refractivity contribution in [1.82, 2.24) is 10.6 Å². The molecule has 0 saturated heterocycles. The van der Waals surface area contributed by atoms with Gasteiger partial charge in [0.2, 0.25) is 5.91 Å². The van der Waals surface area contributed by atoms with Crippen molar-refractivity contribution in [3.63, 3.8) is 0 Å². The zero-order valence-corrected chi connectivity index (χ0v) is 17.8. The standard InChI is InChI=1S/C24H28N2O5/c1-15(2)13-21(23(29)25-12-11-22(27)28)26-24(30)31-14-20-18-9-5-3-7-16(18)17-8-4-6-10-19(17)20/h3-10,15,20-21H,11-14H2,1-2H3,(H,25,29)(H,26,30)(H,27,28). The number of aliphatic carboxylic acids is 1. The van der Waals surface area contributed by atoms with Crippen LogP contribution in [-0.4, -0.2) is 42.3 Å². The van der Waals surface area contributed by atoms with E-state index in [2.05, 4.69) is 22.8 Å². The third-order valence-corrected chi connectivity index (χ3v) is 5.30. The van der Waals surface area contributed by atoms with Crippen LogP contribution >= 0.6 is 0 Å². The molecule has 0 heterocycles. The Balaban J connectivity index is 1.62. The molecule has 0 radical (unpaired) electrons. The van der Waals surface area contributed by atoms with Crippen LogP contribution in [0.3, 0.4) is 0 Å². The zero-order chi connectivity index (χ0) is 22.4. The maximum Gasteiger partial charge on any atom is 0.407 e. The van der Waals surface area contributed by atoms with Gasteiger partial charge in [0.25, 0.3) is 0 Å². The van der Waals surface area contributed by atoms with E-state index in [1.807, 2.05) is 50.2 Å². The van der Waals surface area contributed by atoms with Crippen molar-refractivity contribution in [2.24, 2.45) is 5.92 Å². The third-order valence-electron chi connectivity index (χ3n) is 5.30. The number of carbonyl (C=O) groups is 3. The predicted molar refractivity (Wildman–Crippen MR) is 117 cm³/mol. The highest BCUT2D eigenvalue weighted by molar-refractivity contribution is 5.86. The predicted octanol–water partition coefficient (Wildman–Crippen LogP) is 3.53. The highest BCUT2D eigenvalue weighted by Gasteiger charge is 2.30. The molecule has 0 saturated carbocycles. The second kappa shape index (κ2) is 10.1. The number of hydrogen-bond donors (Lipinski definition) is 3. The first-order valence-corrected chi connectivity index (χ1v) is 10.5. The molecular formula is C24H28N2O5. The lowest BCUT2D eigenvalue weighted by atomic mass is 9.98. The van der Waals surface area contributed by atoms with E-state index in [4.69, 9.17) is 9.84 Å². The molecular weight excluding hydrogens is 396 g/mol. The quantitative estimate of drug-likeness (QED) is 0.571. The normalized spacial score (nSPS) is 13.3. The number of ether oxygens (including phenoxy) is 1. The number of benzene rings is 2. The Morgan fingerprint density at radius 3 is 2.13 bits per heavy atom. The zero-order valence-electron chi connectivity index (χ0n) is 17.8. The number of rotatable bonds is 9. The smallest absolute Gasteiger partial charge is 0.407 e. The number of nitrogens with one attached hydrogen (secondary N) is 2. The second-order valence-corrected chi connectivity index (χ2v) is 8.09. The summed E-state index contributed by atoms with van der Waals surface area (Å²) in [4.78, 5) is 35.6. The SMILES string of the molecule is CC(C)CC(NC(=O)OCC1c2ccccc2-c2ccccc21)C(=O)NCCC(=O)O. The van der Waals surface area contributed by atoms with Crippen molar-refractivity contribution in [3.05, 3.63) is 59.7 Å². The number of carbonyl (C=O) groups excluding carboxylic acids is 2. The van der Waals surface area contributed by atoms with Crippen molar-refractivity contribution in [3.8, 4) is 11.1 Å². The molecule has 2 aromatic rings. The first kappa shape index (κ1) is 22.3. The van der Waals surface area contributed by atoms with Gasteiger partial charge in [0.15, 0.2) is 0 Å². The van der Waals surface area contributed by atoms with Crippen molar-refractivity contribution < 1.29 is 24.2 Å². The summed E-state index contributed by atoms with van der Waals surface area (Å²) in [6.45, 7) is 4.05. The number of alkyl carbamates (subject to hydrolysis) is 1. The van der Waals surface area contributed by atoms with Crippen molar-refractivity contribution >= 4 is 18.0 Å². The van der Waals surface area contributed by atoms with Gasteiger partial charge in [0, 0.05) is 12.5 Å². The van der Waals surface area contributed by atoms with Gasteiger partial charge in [-0.1, -0.05) is 62.4 Å². The van der Waals surface area contributed by atoms with Crippen molar-refractivity contribution in [2.75, 3.05) is 13.2 Å². The molecule has 0 aromatic heterocycles. The van der Waals surface area contributed by atoms with Gasteiger partial charge in [-0.05, 0) is 34.6 Å².